The largest absolute Gasteiger partial charge is 0.431 e. The first-order valence-corrected chi connectivity index (χ1v) is 12.1. The SMILES string of the molecule is CNS(=O)(=O)c1cccc(-c2ncc(C(=O)Nc3cc(-c4noc([C@H]5C[C@@H]5F)n4)ccc3C)o2)c1. The molecule has 35 heavy (non-hydrogen) atoms. The predicted molar refractivity (Wildman–Crippen MR) is 123 cm³/mol. The molecule has 4 aromatic rings. The third kappa shape index (κ3) is 4.57. The fraction of sp³-hybridized carbons (Fsp3) is 0.217. The first-order valence-electron chi connectivity index (χ1n) is 10.6. The number of oxazole rings is 1. The van der Waals surface area contributed by atoms with Crippen molar-refractivity contribution in [3.05, 3.63) is 65.9 Å². The molecule has 10 nitrogen and oxygen atoms in total. The van der Waals surface area contributed by atoms with Gasteiger partial charge in [-0.15, -0.1) is 0 Å². The van der Waals surface area contributed by atoms with Crippen molar-refractivity contribution in [2.24, 2.45) is 0 Å². The number of benzene rings is 2. The normalized spacial score (nSPS) is 17.3. The van der Waals surface area contributed by atoms with Crippen molar-refractivity contribution >= 4 is 21.6 Å². The number of alkyl halides is 1. The molecule has 1 saturated carbocycles. The van der Waals surface area contributed by atoms with Crippen LogP contribution < -0.4 is 10.0 Å². The number of hydrogen-bond acceptors (Lipinski definition) is 8. The number of hydrogen-bond donors (Lipinski definition) is 2. The lowest BCUT2D eigenvalue weighted by Crippen LogP contribution is -2.18. The van der Waals surface area contributed by atoms with Gasteiger partial charge >= 0.3 is 0 Å². The Morgan fingerprint density at radius 1 is 1.17 bits per heavy atom. The fourth-order valence-electron chi connectivity index (χ4n) is 3.43. The topological polar surface area (TPSA) is 140 Å². The summed E-state index contributed by atoms with van der Waals surface area (Å²) in [6.07, 6.45) is 0.696. The highest BCUT2D eigenvalue weighted by molar-refractivity contribution is 7.89. The minimum absolute atomic E-state index is 0.0440. The minimum Gasteiger partial charge on any atom is -0.431 e. The monoisotopic (exact) mass is 497 g/mol. The third-order valence-electron chi connectivity index (χ3n) is 5.60. The molecule has 2 N–H and O–H groups in total. The Morgan fingerprint density at radius 3 is 2.71 bits per heavy atom. The molecule has 1 aliphatic carbocycles. The van der Waals surface area contributed by atoms with Crippen LogP contribution >= 0.6 is 0 Å². The van der Waals surface area contributed by atoms with Gasteiger partial charge in [-0.1, -0.05) is 23.4 Å². The highest BCUT2D eigenvalue weighted by Crippen LogP contribution is 2.43. The number of nitrogens with one attached hydrogen (secondary N) is 2. The molecule has 180 valence electrons. The number of sulfonamides is 1. The smallest absolute Gasteiger partial charge is 0.293 e. The summed E-state index contributed by atoms with van der Waals surface area (Å²) in [6.45, 7) is 1.82. The zero-order chi connectivity index (χ0) is 24.7. The zero-order valence-corrected chi connectivity index (χ0v) is 19.5. The van der Waals surface area contributed by atoms with E-state index in [0.717, 1.165) is 5.56 Å². The molecule has 0 saturated heterocycles. The van der Waals surface area contributed by atoms with Gasteiger partial charge in [-0.3, -0.25) is 4.79 Å². The van der Waals surface area contributed by atoms with E-state index in [9.17, 15) is 17.6 Å². The van der Waals surface area contributed by atoms with Gasteiger partial charge in [0.25, 0.3) is 5.91 Å². The van der Waals surface area contributed by atoms with Gasteiger partial charge in [0.15, 0.2) is 0 Å². The van der Waals surface area contributed by atoms with Gasteiger partial charge in [0.1, 0.15) is 6.17 Å². The van der Waals surface area contributed by atoms with E-state index >= 15 is 0 Å². The minimum atomic E-state index is -3.65. The molecule has 2 aromatic heterocycles. The maximum absolute atomic E-state index is 13.3. The molecule has 2 heterocycles. The summed E-state index contributed by atoms with van der Waals surface area (Å²) in [7, 11) is -2.33. The molecule has 1 amide bonds. The van der Waals surface area contributed by atoms with Crippen molar-refractivity contribution in [1.29, 1.82) is 0 Å². The lowest BCUT2D eigenvalue weighted by molar-refractivity contribution is 0.0997. The third-order valence-corrected chi connectivity index (χ3v) is 7.02. The molecule has 0 aliphatic heterocycles. The van der Waals surface area contributed by atoms with Crippen LogP contribution in [0.15, 0.2) is 62.5 Å². The van der Waals surface area contributed by atoms with Crippen LogP contribution in [0.5, 0.6) is 0 Å². The molecule has 0 radical (unpaired) electrons. The molecular weight excluding hydrogens is 477 g/mol. The Labute approximate surface area is 199 Å². The van der Waals surface area contributed by atoms with Crippen LogP contribution in [0.4, 0.5) is 10.1 Å². The number of nitrogens with zero attached hydrogens (tertiary/aromatic N) is 3. The molecule has 5 rings (SSSR count). The van der Waals surface area contributed by atoms with Gasteiger partial charge in [0.05, 0.1) is 17.0 Å². The Kier molecular flexibility index (Phi) is 5.69. The number of carbonyl (C=O) groups excluding carboxylic acids is 1. The maximum Gasteiger partial charge on any atom is 0.293 e. The second-order valence-electron chi connectivity index (χ2n) is 8.06. The lowest BCUT2D eigenvalue weighted by atomic mass is 10.1. The first-order chi connectivity index (χ1) is 16.7. The van der Waals surface area contributed by atoms with Crippen molar-refractivity contribution in [2.45, 2.75) is 30.3 Å². The van der Waals surface area contributed by atoms with E-state index in [0.29, 0.717) is 29.1 Å². The van der Waals surface area contributed by atoms with Gasteiger partial charge in [-0.05, 0) is 50.2 Å². The molecular formula is C23H20FN5O5S. The van der Waals surface area contributed by atoms with Crippen LogP contribution in [0.3, 0.4) is 0 Å². The summed E-state index contributed by atoms with van der Waals surface area (Å²) in [5, 5.41) is 6.69. The average Bonchev–Trinajstić information content (AvgIpc) is 3.24. The van der Waals surface area contributed by atoms with Crippen molar-refractivity contribution in [3.63, 3.8) is 0 Å². The summed E-state index contributed by atoms with van der Waals surface area (Å²) < 4.78 is 50.4. The number of amides is 1. The van der Waals surface area contributed by atoms with Crippen molar-refractivity contribution in [2.75, 3.05) is 12.4 Å². The highest BCUT2D eigenvalue weighted by atomic mass is 32.2. The van der Waals surface area contributed by atoms with Crippen LogP contribution in [-0.4, -0.2) is 42.7 Å². The van der Waals surface area contributed by atoms with Gasteiger partial charge in [-0.25, -0.2) is 22.5 Å². The quantitative estimate of drug-likeness (QED) is 0.394. The molecule has 12 heteroatoms. The predicted octanol–water partition coefficient (Wildman–Crippen LogP) is 3.69. The number of anilines is 1. The average molecular weight is 498 g/mol. The maximum atomic E-state index is 13.3. The van der Waals surface area contributed by atoms with E-state index in [1.165, 1.54) is 25.4 Å². The van der Waals surface area contributed by atoms with Gasteiger partial charge in [0, 0.05) is 16.8 Å². The fourth-order valence-corrected chi connectivity index (χ4v) is 4.20. The number of aromatic nitrogens is 3. The second kappa shape index (κ2) is 8.71. The standard InChI is InChI=1S/C23H20FN5O5S/c1-12-6-7-13(20-28-23(34-29-20)16-10-17(16)24)9-18(12)27-21(30)19-11-26-22(33-19)14-4-3-5-15(8-14)35(31,32)25-2/h3-9,11,16-17,25H,10H2,1-2H3,(H,27,30)/t16-,17-/m0/s1. The van der Waals surface area contributed by atoms with Crippen molar-refractivity contribution in [1.82, 2.24) is 19.8 Å². The number of rotatable bonds is 7. The Hall–Kier alpha value is -3.90. The molecule has 1 fully saturated rings. The van der Waals surface area contributed by atoms with E-state index in [4.69, 9.17) is 8.94 Å². The summed E-state index contributed by atoms with van der Waals surface area (Å²) in [5.74, 6) is -0.293. The molecule has 0 spiro atoms. The van der Waals surface area contributed by atoms with E-state index in [2.05, 4.69) is 25.2 Å². The second-order valence-corrected chi connectivity index (χ2v) is 9.95. The molecule has 0 unspecified atom stereocenters. The van der Waals surface area contributed by atoms with Crippen LogP contribution in [-0.2, 0) is 10.0 Å². The van der Waals surface area contributed by atoms with Crippen LogP contribution in [0.25, 0.3) is 22.8 Å². The number of aryl methyl sites for hydroxylation is 1. The summed E-state index contributed by atoms with van der Waals surface area (Å²) in [5.41, 5.74) is 2.27. The van der Waals surface area contributed by atoms with E-state index in [1.807, 2.05) is 6.92 Å². The van der Waals surface area contributed by atoms with Gasteiger partial charge in [-0.2, -0.15) is 4.98 Å². The summed E-state index contributed by atoms with van der Waals surface area (Å²) in [6, 6.07) is 11.3. The van der Waals surface area contributed by atoms with E-state index in [1.54, 1.807) is 30.3 Å². The number of halogens is 1. The molecule has 0 bridgehead atoms. The lowest BCUT2D eigenvalue weighted by Gasteiger charge is -2.08. The Morgan fingerprint density at radius 2 is 1.97 bits per heavy atom. The van der Waals surface area contributed by atoms with Crippen LogP contribution in [0.1, 0.15) is 34.3 Å². The van der Waals surface area contributed by atoms with Crippen molar-refractivity contribution < 1.29 is 26.5 Å². The van der Waals surface area contributed by atoms with Crippen LogP contribution in [0, 0.1) is 6.92 Å². The van der Waals surface area contributed by atoms with E-state index in [-0.39, 0.29) is 28.4 Å². The molecule has 2 aromatic carbocycles. The summed E-state index contributed by atoms with van der Waals surface area (Å²) in [4.78, 5) is 21.2. The Bertz CT molecular complexity index is 1530. The van der Waals surface area contributed by atoms with Crippen molar-refractivity contribution in [3.8, 4) is 22.8 Å². The highest BCUT2D eigenvalue weighted by Gasteiger charge is 2.43. The first kappa shape index (κ1) is 22.9. The van der Waals surface area contributed by atoms with Gasteiger partial charge < -0.3 is 14.3 Å². The molecule has 1 aliphatic rings. The van der Waals surface area contributed by atoms with E-state index < -0.39 is 22.1 Å². The Balaban J connectivity index is 1.35. The number of carbonyl (C=O) groups is 1. The van der Waals surface area contributed by atoms with Crippen LogP contribution in [0.2, 0.25) is 0 Å². The van der Waals surface area contributed by atoms with Gasteiger partial charge in [0.2, 0.25) is 33.4 Å². The zero-order valence-electron chi connectivity index (χ0n) is 18.6. The molecule has 2 atom stereocenters. The summed E-state index contributed by atoms with van der Waals surface area (Å²) >= 11 is 0.